The molecule has 3 aliphatic rings. The number of ether oxygens (including phenoxy) is 3. The molecule has 5 nitrogen and oxygen atoms in total. The summed E-state index contributed by atoms with van der Waals surface area (Å²) in [6.07, 6.45) is 8.39. The average molecular weight is 438 g/mol. The van der Waals surface area contributed by atoms with Gasteiger partial charge in [0.05, 0.1) is 13.7 Å². The van der Waals surface area contributed by atoms with Gasteiger partial charge in [-0.05, 0) is 47.6 Å². The Labute approximate surface area is 191 Å². The molecule has 172 valence electrons. The van der Waals surface area contributed by atoms with Crippen LogP contribution in [-0.2, 0) is 4.74 Å². The van der Waals surface area contributed by atoms with Crippen LogP contribution in [0.3, 0.4) is 0 Å². The van der Waals surface area contributed by atoms with Crippen LogP contribution in [0.15, 0.2) is 54.5 Å². The van der Waals surface area contributed by atoms with Gasteiger partial charge in [0.2, 0.25) is 0 Å². The second-order valence-electron chi connectivity index (χ2n) is 9.67. The van der Waals surface area contributed by atoms with E-state index in [0.717, 1.165) is 47.6 Å². The first-order valence-corrected chi connectivity index (χ1v) is 11.4. The highest BCUT2D eigenvalue weighted by Crippen LogP contribution is 2.56. The summed E-state index contributed by atoms with van der Waals surface area (Å²) in [5.41, 5.74) is 5.11. The number of hydrogen-bond acceptors (Lipinski definition) is 5. The van der Waals surface area contributed by atoms with Crippen LogP contribution in [0.1, 0.15) is 56.6 Å². The van der Waals surface area contributed by atoms with Gasteiger partial charge in [0.1, 0.15) is 5.76 Å². The van der Waals surface area contributed by atoms with Gasteiger partial charge in [-0.2, -0.15) is 0 Å². The molecule has 0 spiro atoms. The summed E-state index contributed by atoms with van der Waals surface area (Å²) in [4.78, 5) is 2.34. The quantitative estimate of drug-likeness (QED) is 0.422. The highest BCUT2D eigenvalue weighted by Gasteiger charge is 2.48. The van der Waals surface area contributed by atoms with Gasteiger partial charge in [0.15, 0.2) is 11.5 Å². The van der Waals surface area contributed by atoms with Gasteiger partial charge in [-0.15, -0.1) is 0 Å². The Hall–Kier alpha value is -2.66. The summed E-state index contributed by atoms with van der Waals surface area (Å²) >= 11 is 0. The van der Waals surface area contributed by atoms with Crippen molar-refractivity contribution in [2.45, 2.75) is 51.5 Å². The monoisotopic (exact) mass is 437 g/mol. The van der Waals surface area contributed by atoms with Crippen molar-refractivity contribution in [2.75, 3.05) is 27.4 Å². The third-order valence-electron chi connectivity index (χ3n) is 7.09. The van der Waals surface area contributed by atoms with Crippen molar-refractivity contribution in [1.82, 2.24) is 4.90 Å². The Balaban J connectivity index is 1.84. The number of hydrogen-bond donors (Lipinski definition) is 1. The van der Waals surface area contributed by atoms with Crippen molar-refractivity contribution in [2.24, 2.45) is 5.41 Å². The molecule has 2 heterocycles. The molecule has 0 unspecified atom stereocenters. The minimum Gasteiger partial charge on any atom is -0.508 e. The molecule has 0 radical (unpaired) electrons. The van der Waals surface area contributed by atoms with Crippen LogP contribution >= 0.6 is 0 Å². The molecule has 1 aromatic carbocycles. The van der Waals surface area contributed by atoms with Crippen molar-refractivity contribution >= 4 is 5.70 Å². The Kier molecular flexibility index (Phi) is 6.13. The Morgan fingerprint density at radius 1 is 1.22 bits per heavy atom. The van der Waals surface area contributed by atoms with Gasteiger partial charge in [0.25, 0.3) is 0 Å². The fraction of sp³-hybridized carbons (Fsp3) is 0.481. The Bertz CT molecular complexity index is 988. The van der Waals surface area contributed by atoms with Crippen molar-refractivity contribution in [3.8, 4) is 11.5 Å². The van der Waals surface area contributed by atoms with Crippen LogP contribution in [0.4, 0.5) is 0 Å². The normalized spacial score (nSPS) is 23.4. The zero-order chi connectivity index (χ0) is 23.0. The lowest BCUT2D eigenvalue weighted by atomic mass is 9.62. The maximum Gasteiger partial charge on any atom is 0.161 e. The van der Waals surface area contributed by atoms with Crippen molar-refractivity contribution < 1.29 is 19.3 Å². The van der Waals surface area contributed by atoms with Gasteiger partial charge in [0, 0.05) is 55.1 Å². The third kappa shape index (κ3) is 3.83. The Morgan fingerprint density at radius 2 is 2.00 bits per heavy atom. The van der Waals surface area contributed by atoms with E-state index in [1.165, 1.54) is 12.0 Å². The first-order valence-electron chi connectivity index (χ1n) is 11.4. The van der Waals surface area contributed by atoms with Gasteiger partial charge >= 0.3 is 0 Å². The van der Waals surface area contributed by atoms with E-state index < -0.39 is 0 Å². The zero-order valence-corrected chi connectivity index (χ0v) is 19.7. The predicted molar refractivity (Wildman–Crippen MR) is 128 cm³/mol. The lowest BCUT2D eigenvalue weighted by molar-refractivity contribution is 0.0888. The van der Waals surface area contributed by atoms with E-state index in [1.807, 2.05) is 6.20 Å². The topological polar surface area (TPSA) is 51.2 Å². The summed E-state index contributed by atoms with van der Waals surface area (Å²) in [5.74, 6) is 1.92. The van der Waals surface area contributed by atoms with Crippen LogP contribution < -0.4 is 9.47 Å². The van der Waals surface area contributed by atoms with E-state index >= 15 is 0 Å². The molecule has 1 N–H and O–H groups in total. The van der Waals surface area contributed by atoms with E-state index in [1.54, 1.807) is 14.2 Å². The standard InChI is InChI=1S/C27H35NO4/c1-17-13-23-21-15-24(31-6)25(32-12-8-11-30-5)14-20(21)19-9-7-10-27(3,4)26(19)28(23)16-22(17)18(2)29/h13-16,19,26,29H,1-2,7-12H2,3-6H3/t19-,26-/m0/s1. The molecule has 0 saturated heterocycles. The molecule has 2 atom stereocenters. The smallest absolute Gasteiger partial charge is 0.161 e. The molecular weight excluding hydrogens is 402 g/mol. The number of nitrogens with zero attached hydrogens (tertiary/aromatic N) is 1. The largest absolute Gasteiger partial charge is 0.508 e. The van der Waals surface area contributed by atoms with E-state index in [-0.39, 0.29) is 17.2 Å². The number of aliphatic hydroxyl groups is 1. The molecular formula is C27H35NO4. The van der Waals surface area contributed by atoms with E-state index in [0.29, 0.717) is 24.7 Å². The van der Waals surface area contributed by atoms with Gasteiger partial charge in [-0.3, -0.25) is 0 Å². The van der Waals surface area contributed by atoms with Crippen molar-refractivity contribution in [3.05, 3.63) is 65.6 Å². The van der Waals surface area contributed by atoms with E-state index in [2.05, 4.69) is 50.1 Å². The molecule has 0 aromatic heterocycles. The van der Waals surface area contributed by atoms with Crippen molar-refractivity contribution in [3.63, 3.8) is 0 Å². The summed E-state index contributed by atoms with van der Waals surface area (Å²) in [6.45, 7) is 13.9. The highest BCUT2D eigenvalue weighted by molar-refractivity contribution is 5.79. The molecule has 5 heteroatoms. The highest BCUT2D eigenvalue weighted by atomic mass is 16.5. The van der Waals surface area contributed by atoms with Gasteiger partial charge < -0.3 is 24.2 Å². The summed E-state index contributed by atoms with van der Waals surface area (Å²) in [5, 5.41) is 10.2. The summed E-state index contributed by atoms with van der Waals surface area (Å²) in [6, 6.07) is 4.55. The SMILES string of the molecule is C=C(O)C1=CN2C(=CC1=C)c1cc(OC)c(OCCCOC)cc1[C@@H]1CCCC(C)(C)[C@H]12. The molecule has 4 rings (SSSR count). The number of fused-ring (bicyclic) bond motifs is 6. The molecule has 2 aliphatic heterocycles. The first kappa shape index (κ1) is 22.5. The maximum absolute atomic E-state index is 10.2. The van der Waals surface area contributed by atoms with E-state index in [4.69, 9.17) is 14.2 Å². The summed E-state index contributed by atoms with van der Waals surface area (Å²) in [7, 11) is 3.38. The number of benzene rings is 1. The van der Waals surface area contributed by atoms with Gasteiger partial charge in [-0.25, -0.2) is 0 Å². The molecule has 1 fully saturated rings. The van der Waals surface area contributed by atoms with Crippen LogP contribution in [0.5, 0.6) is 11.5 Å². The maximum atomic E-state index is 10.2. The number of allylic oxidation sites excluding steroid dienone is 2. The van der Waals surface area contributed by atoms with Crippen LogP contribution in [-0.4, -0.2) is 43.5 Å². The molecule has 1 aromatic rings. The lowest BCUT2D eigenvalue weighted by Gasteiger charge is -2.54. The molecule has 1 aliphatic carbocycles. The number of aliphatic hydroxyl groups excluding tert-OH is 1. The van der Waals surface area contributed by atoms with Crippen LogP contribution in [0.2, 0.25) is 0 Å². The summed E-state index contributed by atoms with van der Waals surface area (Å²) < 4.78 is 17.0. The van der Waals surface area contributed by atoms with E-state index in [9.17, 15) is 5.11 Å². The third-order valence-corrected chi connectivity index (χ3v) is 7.09. The Morgan fingerprint density at radius 3 is 2.69 bits per heavy atom. The number of rotatable bonds is 7. The molecule has 1 saturated carbocycles. The second kappa shape index (κ2) is 8.70. The molecule has 0 bridgehead atoms. The minimum absolute atomic E-state index is 0.0543. The molecule has 0 amide bonds. The predicted octanol–water partition coefficient (Wildman–Crippen LogP) is 5.95. The zero-order valence-electron chi connectivity index (χ0n) is 19.7. The van der Waals surface area contributed by atoms with Crippen LogP contribution in [0, 0.1) is 5.41 Å². The molecule has 32 heavy (non-hydrogen) atoms. The first-order chi connectivity index (χ1) is 15.3. The van der Waals surface area contributed by atoms with Gasteiger partial charge in [-0.1, -0.05) is 33.4 Å². The number of methoxy groups -OCH3 is 2. The fourth-order valence-corrected chi connectivity index (χ4v) is 5.60. The lowest BCUT2D eigenvalue weighted by Crippen LogP contribution is -2.51. The van der Waals surface area contributed by atoms with Crippen molar-refractivity contribution in [1.29, 1.82) is 0 Å². The fourth-order valence-electron chi connectivity index (χ4n) is 5.60. The minimum atomic E-state index is 0.0543. The van der Waals surface area contributed by atoms with Crippen LogP contribution in [0.25, 0.3) is 5.70 Å². The average Bonchev–Trinajstić information content (AvgIpc) is 2.75. The second-order valence-corrected chi connectivity index (χ2v) is 9.67.